The predicted molar refractivity (Wildman–Crippen MR) is 123 cm³/mol. The number of H-pyrrole nitrogens is 1. The molecule has 0 aliphatic heterocycles. The maximum atomic E-state index is 12.9. The number of pyridine rings is 1. The minimum absolute atomic E-state index is 0.230. The van der Waals surface area contributed by atoms with Gasteiger partial charge in [-0.25, -0.2) is 0 Å². The summed E-state index contributed by atoms with van der Waals surface area (Å²) in [5.41, 5.74) is 2.23. The first-order valence-corrected chi connectivity index (χ1v) is 10.4. The van der Waals surface area contributed by atoms with Crippen LogP contribution < -0.4 is 10.1 Å². The summed E-state index contributed by atoms with van der Waals surface area (Å²) in [6.07, 6.45) is -2.71. The molecule has 0 atom stereocenters. The van der Waals surface area contributed by atoms with Gasteiger partial charge in [0, 0.05) is 22.8 Å². The number of nitrogens with zero attached hydrogens (tertiary/aromatic N) is 3. The standard InChI is InChI=1S/C25H18F3N5O/c1-15-5-10-20-21(13-15)29-12-11-22(20)34-19-8-6-16(7-9-19)23-31-24(33-32-23)30-18-4-2-3-17(14-18)25(26,27)28/h2-14H,1H3,(H2,30,31,32,33). The summed E-state index contributed by atoms with van der Waals surface area (Å²) in [4.78, 5) is 7.36. The fraction of sp³-hybridized carbons (Fsp3) is 0.0800. The summed E-state index contributed by atoms with van der Waals surface area (Å²) in [5, 5.41) is 11.8. The number of hydrogen-bond donors (Lipinski definition) is 2. The molecule has 0 aliphatic rings. The van der Waals surface area contributed by atoms with Crippen molar-refractivity contribution in [1.82, 2.24) is 20.2 Å². The summed E-state index contributed by atoms with van der Waals surface area (Å²) in [5.74, 6) is 2.03. The number of anilines is 2. The van der Waals surface area contributed by atoms with E-state index >= 15 is 0 Å². The maximum absolute atomic E-state index is 12.9. The molecule has 5 aromatic rings. The van der Waals surface area contributed by atoms with Crippen LogP contribution in [0.3, 0.4) is 0 Å². The van der Waals surface area contributed by atoms with Crippen molar-refractivity contribution in [3.05, 3.63) is 90.1 Å². The van der Waals surface area contributed by atoms with Gasteiger partial charge in [-0.3, -0.25) is 4.98 Å². The average Bonchev–Trinajstić information content (AvgIpc) is 3.27. The van der Waals surface area contributed by atoms with Crippen LogP contribution in [-0.2, 0) is 6.18 Å². The molecule has 6 nitrogen and oxygen atoms in total. The van der Waals surface area contributed by atoms with E-state index in [0.717, 1.165) is 34.2 Å². The summed E-state index contributed by atoms with van der Waals surface area (Å²) >= 11 is 0. The zero-order chi connectivity index (χ0) is 23.7. The SMILES string of the molecule is Cc1ccc2c(Oc3ccc(-c4nnc(Nc5cccc(C(F)(F)F)c5)[nH]4)cc3)ccnc2c1. The molecule has 0 saturated carbocycles. The van der Waals surface area contributed by atoms with Gasteiger partial charge in [0.05, 0.1) is 11.1 Å². The minimum atomic E-state index is -4.42. The number of rotatable bonds is 5. The fourth-order valence-electron chi connectivity index (χ4n) is 3.49. The number of aryl methyl sites for hydroxylation is 1. The molecule has 0 fully saturated rings. The number of fused-ring (bicyclic) bond motifs is 1. The van der Waals surface area contributed by atoms with E-state index < -0.39 is 11.7 Å². The van der Waals surface area contributed by atoms with Gasteiger partial charge in [-0.1, -0.05) is 12.1 Å². The van der Waals surface area contributed by atoms with E-state index in [4.69, 9.17) is 4.74 Å². The Labute approximate surface area is 192 Å². The first kappa shape index (κ1) is 21.4. The van der Waals surface area contributed by atoms with Crippen molar-refractivity contribution in [2.45, 2.75) is 13.1 Å². The Hall–Kier alpha value is -4.40. The second kappa shape index (κ2) is 8.51. The smallest absolute Gasteiger partial charge is 0.416 e. The third-order valence-corrected chi connectivity index (χ3v) is 5.15. The Morgan fingerprint density at radius 2 is 1.74 bits per heavy atom. The number of aromatic nitrogens is 4. The highest BCUT2D eigenvalue weighted by molar-refractivity contribution is 5.85. The van der Waals surface area contributed by atoms with Crippen molar-refractivity contribution in [3.63, 3.8) is 0 Å². The lowest BCUT2D eigenvalue weighted by molar-refractivity contribution is -0.137. The summed E-state index contributed by atoms with van der Waals surface area (Å²) in [7, 11) is 0. The molecule has 5 rings (SSSR count). The second-order valence-corrected chi connectivity index (χ2v) is 7.68. The van der Waals surface area contributed by atoms with E-state index in [1.165, 1.54) is 12.1 Å². The third-order valence-electron chi connectivity index (χ3n) is 5.15. The van der Waals surface area contributed by atoms with Gasteiger partial charge in [0.25, 0.3) is 0 Å². The van der Waals surface area contributed by atoms with Gasteiger partial charge in [-0.05, 0) is 73.2 Å². The van der Waals surface area contributed by atoms with Crippen LogP contribution in [0.25, 0.3) is 22.3 Å². The molecule has 2 heterocycles. The molecule has 0 aliphatic carbocycles. The molecule has 2 N–H and O–H groups in total. The highest BCUT2D eigenvalue weighted by Gasteiger charge is 2.30. The number of hydrogen-bond acceptors (Lipinski definition) is 5. The average molecular weight is 461 g/mol. The van der Waals surface area contributed by atoms with E-state index in [9.17, 15) is 13.2 Å². The van der Waals surface area contributed by atoms with Crippen molar-refractivity contribution >= 4 is 22.5 Å². The quantitative estimate of drug-likeness (QED) is 0.298. The van der Waals surface area contributed by atoms with E-state index in [0.29, 0.717) is 17.3 Å². The third kappa shape index (κ3) is 4.54. The molecule has 0 amide bonds. The zero-order valence-electron chi connectivity index (χ0n) is 17.9. The number of aromatic amines is 1. The normalized spacial score (nSPS) is 11.5. The number of alkyl halides is 3. The van der Waals surface area contributed by atoms with Crippen LogP contribution >= 0.6 is 0 Å². The molecule has 34 heavy (non-hydrogen) atoms. The van der Waals surface area contributed by atoms with Gasteiger partial charge in [-0.2, -0.15) is 13.2 Å². The highest BCUT2D eigenvalue weighted by atomic mass is 19.4. The molecule has 3 aromatic carbocycles. The Morgan fingerprint density at radius 3 is 2.53 bits per heavy atom. The largest absolute Gasteiger partial charge is 0.457 e. The Morgan fingerprint density at radius 1 is 0.912 bits per heavy atom. The molecule has 0 radical (unpaired) electrons. The van der Waals surface area contributed by atoms with Gasteiger partial charge in [0.1, 0.15) is 11.5 Å². The minimum Gasteiger partial charge on any atom is -0.457 e. The first-order valence-electron chi connectivity index (χ1n) is 10.4. The molecule has 0 saturated heterocycles. The molecule has 0 unspecified atom stereocenters. The molecular weight excluding hydrogens is 443 g/mol. The highest BCUT2D eigenvalue weighted by Crippen LogP contribution is 2.32. The van der Waals surface area contributed by atoms with Crippen LogP contribution in [0.4, 0.5) is 24.8 Å². The molecule has 2 aromatic heterocycles. The lowest BCUT2D eigenvalue weighted by Gasteiger charge is -2.09. The molecule has 170 valence electrons. The molecule has 0 spiro atoms. The molecular formula is C25H18F3N5O. The van der Waals surface area contributed by atoms with Gasteiger partial charge >= 0.3 is 6.18 Å². The summed E-state index contributed by atoms with van der Waals surface area (Å²) < 4.78 is 44.8. The number of ether oxygens (including phenoxy) is 1. The lowest BCUT2D eigenvalue weighted by Crippen LogP contribution is -2.05. The predicted octanol–water partition coefficient (Wildman–Crippen LogP) is 6.88. The second-order valence-electron chi connectivity index (χ2n) is 7.68. The zero-order valence-corrected chi connectivity index (χ0v) is 17.9. The van der Waals surface area contributed by atoms with Gasteiger partial charge < -0.3 is 15.0 Å². The number of nitrogens with one attached hydrogen (secondary N) is 2. The van der Waals surface area contributed by atoms with Gasteiger partial charge in [0.15, 0.2) is 5.82 Å². The van der Waals surface area contributed by atoms with Crippen molar-refractivity contribution in [1.29, 1.82) is 0 Å². The lowest BCUT2D eigenvalue weighted by atomic mass is 10.1. The maximum Gasteiger partial charge on any atom is 0.416 e. The van der Waals surface area contributed by atoms with Crippen LogP contribution in [0.5, 0.6) is 11.5 Å². The van der Waals surface area contributed by atoms with E-state index in [-0.39, 0.29) is 11.6 Å². The van der Waals surface area contributed by atoms with E-state index in [1.807, 2.05) is 43.3 Å². The molecule has 9 heteroatoms. The van der Waals surface area contributed by atoms with Crippen molar-refractivity contribution in [2.75, 3.05) is 5.32 Å². The van der Waals surface area contributed by atoms with Crippen LogP contribution in [0.15, 0.2) is 79.0 Å². The first-order chi connectivity index (χ1) is 16.3. The van der Waals surface area contributed by atoms with Crippen molar-refractivity contribution in [2.24, 2.45) is 0 Å². The van der Waals surface area contributed by atoms with Gasteiger partial charge in [0.2, 0.25) is 5.95 Å². The Kier molecular flexibility index (Phi) is 5.37. The summed E-state index contributed by atoms with van der Waals surface area (Å²) in [6, 6.07) is 19.9. The Balaban J connectivity index is 1.31. The van der Waals surface area contributed by atoms with Gasteiger partial charge in [-0.15, -0.1) is 10.2 Å². The Bertz CT molecular complexity index is 1460. The van der Waals surface area contributed by atoms with E-state index in [1.54, 1.807) is 18.3 Å². The topological polar surface area (TPSA) is 75.7 Å². The van der Waals surface area contributed by atoms with Crippen LogP contribution in [0.2, 0.25) is 0 Å². The number of benzene rings is 3. The molecule has 0 bridgehead atoms. The van der Waals surface area contributed by atoms with Crippen molar-refractivity contribution in [3.8, 4) is 22.9 Å². The van der Waals surface area contributed by atoms with Crippen LogP contribution in [0.1, 0.15) is 11.1 Å². The van der Waals surface area contributed by atoms with Crippen molar-refractivity contribution < 1.29 is 17.9 Å². The van der Waals surface area contributed by atoms with Crippen LogP contribution in [-0.4, -0.2) is 20.2 Å². The monoisotopic (exact) mass is 461 g/mol. The number of halogens is 3. The summed E-state index contributed by atoms with van der Waals surface area (Å²) in [6.45, 7) is 2.01. The van der Waals surface area contributed by atoms with E-state index in [2.05, 4.69) is 25.5 Å². The fourth-order valence-corrected chi connectivity index (χ4v) is 3.49. The van der Waals surface area contributed by atoms with Crippen LogP contribution in [0, 0.1) is 6.92 Å².